The molecule has 5 fully saturated rings. The van der Waals surface area contributed by atoms with E-state index in [2.05, 4.69) is 0 Å². The minimum atomic E-state index is -3.23. The highest BCUT2D eigenvalue weighted by molar-refractivity contribution is 5.82. The van der Waals surface area contributed by atoms with E-state index in [-0.39, 0.29) is 37.6 Å². The molecule has 0 bridgehead atoms. The van der Waals surface area contributed by atoms with Gasteiger partial charge in [0.25, 0.3) is 5.79 Å². The summed E-state index contributed by atoms with van der Waals surface area (Å²) in [5, 5.41) is 10.3. The number of hydrogen-bond acceptors (Lipinski definition) is 9. The van der Waals surface area contributed by atoms with E-state index in [0.29, 0.717) is 5.75 Å². The van der Waals surface area contributed by atoms with Crippen LogP contribution in [0.1, 0.15) is 22.3 Å². The molecule has 6 unspecified atom stereocenters. The van der Waals surface area contributed by atoms with Crippen molar-refractivity contribution in [2.24, 2.45) is 0 Å². The molecule has 3 N–H and O–H groups in total. The number of allylic oxidation sites excluding steroid dienone is 2. The second-order valence-electron chi connectivity index (χ2n) is 12.7. The Morgan fingerprint density at radius 1 is 0.700 bits per heavy atom. The van der Waals surface area contributed by atoms with Gasteiger partial charge in [-0.15, -0.1) is 0 Å². The summed E-state index contributed by atoms with van der Waals surface area (Å²) in [6.07, 6.45) is -1.33. The Bertz CT molecular complexity index is 1700. The number of rotatable bonds is 13. The number of halogens is 8. The third-order valence-electron chi connectivity index (χ3n) is 8.83. The van der Waals surface area contributed by atoms with E-state index in [1.807, 2.05) is 0 Å². The second kappa shape index (κ2) is 13.7. The van der Waals surface area contributed by atoms with Crippen molar-refractivity contribution in [1.82, 2.24) is 0 Å². The number of nitrogens with two attached hydrogens (primary N) is 1. The second-order valence-corrected chi connectivity index (χ2v) is 12.7. The number of alkyl halides is 1. The number of phenols is 1. The van der Waals surface area contributed by atoms with Crippen molar-refractivity contribution < 1.29 is 73.4 Å². The van der Waals surface area contributed by atoms with Gasteiger partial charge in [-0.05, 0) is 23.3 Å². The number of aromatic hydroxyl groups is 1. The van der Waals surface area contributed by atoms with Crippen LogP contribution in [0.3, 0.4) is 0 Å². The average molecular weight is 722 g/mol. The van der Waals surface area contributed by atoms with Crippen LogP contribution in [0.25, 0.3) is 5.57 Å². The number of epoxide rings is 5. The molecule has 1 aliphatic carbocycles. The van der Waals surface area contributed by atoms with Crippen molar-refractivity contribution in [2.75, 3.05) is 52.0 Å². The molecular weight excluding hydrogens is 690 g/mol. The Kier molecular flexibility index (Phi) is 9.59. The van der Waals surface area contributed by atoms with E-state index in [1.54, 1.807) is 6.07 Å². The van der Waals surface area contributed by atoms with E-state index < -0.39 is 89.3 Å². The lowest BCUT2D eigenvalue weighted by Gasteiger charge is -2.37. The molecule has 0 aromatic heterocycles. The minimum absolute atomic E-state index is 0.118. The molecule has 0 amide bonds. The summed E-state index contributed by atoms with van der Waals surface area (Å²) in [7, 11) is 0. The highest BCUT2D eigenvalue weighted by Gasteiger charge is 2.57. The maximum absolute atomic E-state index is 15.0. The van der Waals surface area contributed by atoms with E-state index >= 15 is 4.39 Å². The Balaban J connectivity index is 0.000000169. The molecule has 9 nitrogen and oxygen atoms in total. The van der Waals surface area contributed by atoms with E-state index in [1.165, 1.54) is 0 Å². The van der Waals surface area contributed by atoms with E-state index in [9.17, 15) is 35.8 Å². The van der Waals surface area contributed by atoms with Crippen LogP contribution in [0.15, 0.2) is 29.6 Å². The fourth-order valence-electron chi connectivity index (χ4n) is 5.58. The summed E-state index contributed by atoms with van der Waals surface area (Å²) in [5.41, 5.74) is 6.78. The molecule has 5 heterocycles. The van der Waals surface area contributed by atoms with Gasteiger partial charge in [0.05, 0.1) is 70.1 Å². The molecule has 272 valence electrons. The van der Waals surface area contributed by atoms with Crippen LogP contribution in [-0.4, -0.2) is 93.8 Å². The smallest absolute Gasteiger partial charge is 0.264 e. The lowest BCUT2D eigenvalue weighted by Crippen LogP contribution is -2.50. The van der Waals surface area contributed by atoms with Gasteiger partial charge >= 0.3 is 0 Å². The Hall–Kier alpha value is -3.32. The van der Waals surface area contributed by atoms with Crippen molar-refractivity contribution >= 4 is 11.3 Å². The van der Waals surface area contributed by atoms with Crippen molar-refractivity contribution in [2.45, 2.75) is 61.7 Å². The largest absolute Gasteiger partial charge is 0.508 e. The first-order valence-electron chi connectivity index (χ1n) is 15.8. The predicted molar refractivity (Wildman–Crippen MR) is 155 cm³/mol. The summed E-state index contributed by atoms with van der Waals surface area (Å²) in [5.74, 6) is -18.3. The first kappa shape index (κ1) is 35.1. The maximum Gasteiger partial charge on any atom is 0.264 e. The van der Waals surface area contributed by atoms with Gasteiger partial charge in [-0.3, -0.25) is 0 Å². The number of phenolic OH excluding ortho intramolecular Hbond substituents is 1. The zero-order chi connectivity index (χ0) is 35.5. The highest BCUT2D eigenvalue weighted by Crippen LogP contribution is 2.49. The van der Waals surface area contributed by atoms with Gasteiger partial charge in [0.1, 0.15) is 18.0 Å². The van der Waals surface area contributed by atoms with Gasteiger partial charge in [-0.25, -0.2) is 35.1 Å². The molecule has 0 radical (unpaired) electrons. The standard InChI is InChI=1S/C18H12F8O4.C15H19NO4/c19-9-1-8(11(20)15(24)12(9)21)10-13(22)16(25)18(17(26)14(10)23,29-4-6-2-27-6)30-5-7-3-28-7;16-15-8(1-9-5-18-9)2-14(17)12(3-10-6-19-10)13(15)4-11-7-20-11/h1,6-7,16H,2-5H2;2,9-11,17H,1,3-7,16H2. The number of hydrogen-bond donors (Lipinski definition) is 2. The van der Waals surface area contributed by atoms with Crippen LogP contribution >= 0.6 is 0 Å². The van der Waals surface area contributed by atoms with Crippen LogP contribution in [0.2, 0.25) is 0 Å². The zero-order valence-corrected chi connectivity index (χ0v) is 26.1. The van der Waals surface area contributed by atoms with E-state index in [4.69, 9.17) is 38.9 Å². The fraction of sp³-hybridized carbons (Fsp3) is 0.515. The molecule has 50 heavy (non-hydrogen) atoms. The monoisotopic (exact) mass is 721 g/mol. The topological polar surface area (TPSA) is 127 Å². The number of ether oxygens (including phenoxy) is 7. The molecule has 8 rings (SSSR count). The molecule has 2 aromatic carbocycles. The van der Waals surface area contributed by atoms with Crippen LogP contribution in [-0.2, 0) is 52.4 Å². The fourth-order valence-corrected chi connectivity index (χ4v) is 5.58. The third-order valence-corrected chi connectivity index (χ3v) is 8.83. The van der Waals surface area contributed by atoms with Gasteiger partial charge < -0.3 is 44.0 Å². The van der Waals surface area contributed by atoms with Crippen LogP contribution in [0.4, 0.5) is 40.8 Å². The van der Waals surface area contributed by atoms with Crippen LogP contribution in [0, 0.1) is 23.3 Å². The summed E-state index contributed by atoms with van der Waals surface area (Å²) >= 11 is 0. The molecule has 2 aromatic rings. The third kappa shape index (κ3) is 7.35. The summed E-state index contributed by atoms with van der Waals surface area (Å²) < 4.78 is 149. The normalized spacial score (nSPS) is 30.6. The minimum Gasteiger partial charge on any atom is -0.508 e. The highest BCUT2D eigenvalue weighted by atomic mass is 19.2. The average Bonchev–Trinajstić information content (AvgIpc) is 3.89. The molecule has 0 saturated carbocycles. The molecular formula is C33H31F8NO8. The van der Waals surface area contributed by atoms with Gasteiger partial charge in [0.2, 0.25) is 6.17 Å². The molecule has 6 atom stereocenters. The van der Waals surface area contributed by atoms with Crippen LogP contribution in [0.5, 0.6) is 5.75 Å². The van der Waals surface area contributed by atoms with Gasteiger partial charge in [0.15, 0.2) is 40.7 Å². The Morgan fingerprint density at radius 3 is 1.72 bits per heavy atom. The molecule has 6 aliphatic rings. The SMILES string of the molecule is FC1=C(F)C(OCC2CO2)(OCC2CO2)C(F)C(F)=C1c1cc(F)c(F)c(F)c1F.Nc1c(CC2CO2)cc(O)c(CC2CO2)c1CC1CO1. The summed E-state index contributed by atoms with van der Waals surface area (Å²) in [4.78, 5) is 0. The maximum atomic E-state index is 15.0. The van der Waals surface area contributed by atoms with Gasteiger partial charge in [-0.1, -0.05) is 0 Å². The summed E-state index contributed by atoms with van der Waals surface area (Å²) in [6.45, 7) is 1.71. The van der Waals surface area contributed by atoms with Crippen molar-refractivity contribution in [3.8, 4) is 5.75 Å². The van der Waals surface area contributed by atoms with Crippen molar-refractivity contribution in [3.05, 3.63) is 75.1 Å². The summed E-state index contributed by atoms with van der Waals surface area (Å²) in [6, 6.07) is 1.68. The number of anilines is 1. The number of benzene rings is 2. The van der Waals surface area contributed by atoms with E-state index in [0.717, 1.165) is 61.5 Å². The van der Waals surface area contributed by atoms with Crippen LogP contribution < -0.4 is 5.73 Å². The first-order chi connectivity index (χ1) is 23.9. The molecule has 0 spiro atoms. The first-order valence-corrected chi connectivity index (χ1v) is 15.8. The Morgan fingerprint density at radius 2 is 1.20 bits per heavy atom. The predicted octanol–water partition coefficient (Wildman–Crippen LogP) is 4.75. The van der Waals surface area contributed by atoms with Crippen molar-refractivity contribution in [3.63, 3.8) is 0 Å². The molecule has 17 heteroatoms. The lowest BCUT2D eigenvalue weighted by molar-refractivity contribution is -0.254. The van der Waals surface area contributed by atoms with Crippen molar-refractivity contribution in [1.29, 1.82) is 0 Å². The quantitative estimate of drug-likeness (QED) is 0.0573. The Labute approximate surface area is 279 Å². The van der Waals surface area contributed by atoms with Gasteiger partial charge in [-0.2, -0.15) is 0 Å². The molecule has 5 aliphatic heterocycles. The zero-order valence-electron chi connectivity index (χ0n) is 26.1. The lowest BCUT2D eigenvalue weighted by atomic mass is 9.91. The van der Waals surface area contributed by atoms with Gasteiger partial charge in [0, 0.05) is 36.1 Å². The molecule has 5 saturated heterocycles. The number of nitrogen functional groups attached to an aromatic ring is 1.